The van der Waals surface area contributed by atoms with Crippen LogP contribution in [0.15, 0.2) is 60.7 Å². The fourth-order valence-electron chi connectivity index (χ4n) is 3.31. The summed E-state index contributed by atoms with van der Waals surface area (Å²) in [5.41, 5.74) is 0.642. The monoisotopic (exact) mass is 522 g/mol. The summed E-state index contributed by atoms with van der Waals surface area (Å²) >= 11 is 1.90. The van der Waals surface area contributed by atoms with E-state index < -0.39 is 26.0 Å². The summed E-state index contributed by atoms with van der Waals surface area (Å²) in [6.45, 7) is 7.77. The molecule has 0 aliphatic carbocycles. The molecule has 3 aromatic rings. The summed E-state index contributed by atoms with van der Waals surface area (Å²) in [5.74, 6) is -0.704. The molecule has 29 heavy (non-hydrogen) atoms. The van der Waals surface area contributed by atoms with Crippen molar-refractivity contribution in [2.24, 2.45) is 0 Å². The number of halogens is 2. The second-order valence-corrected chi connectivity index (χ2v) is 13.3. The van der Waals surface area contributed by atoms with E-state index >= 15 is 4.39 Å². The van der Waals surface area contributed by atoms with Gasteiger partial charge in [-0.1, -0.05) is 60.7 Å². The Bertz CT molecular complexity index is 940. The lowest BCUT2D eigenvalue weighted by atomic mass is 9.83. The van der Waals surface area contributed by atoms with Gasteiger partial charge in [0.25, 0.3) is 0 Å². The van der Waals surface area contributed by atoms with E-state index in [9.17, 15) is 5.11 Å². The van der Waals surface area contributed by atoms with Crippen molar-refractivity contribution in [1.29, 1.82) is 0 Å². The van der Waals surface area contributed by atoms with Gasteiger partial charge in [-0.3, -0.25) is 0 Å². The molecule has 0 bridgehead atoms. The molecule has 0 radical (unpaired) electrons. The highest BCUT2D eigenvalue weighted by Gasteiger charge is 2.45. The molecule has 1 heterocycles. The van der Waals surface area contributed by atoms with Crippen molar-refractivity contribution in [3.8, 4) is 0 Å². The Hall–Kier alpha value is -1.68. The van der Waals surface area contributed by atoms with Gasteiger partial charge in [0, 0.05) is 0 Å². The second kappa shape index (κ2) is 8.59. The van der Waals surface area contributed by atoms with E-state index in [1.807, 2.05) is 83.3 Å². The van der Waals surface area contributed by atoms with Gasteiger partial charge >= 0.3 is 0 Å². The van der Waals surface area contributed by atoms with Gasteiger partial charge in [-0.05, 0) is 60.3 Å². The minimum Gasteiger partial charge on any atom is -0.399 e. The molecule has 0 saturated carbocycles. The van der Waals surface area contributed by atoms with Crippen LogP contribution < -0.4 is 0 Å². The Labute approximate surface area is 185 Å². The van der Waals surface area contributed by atoms with Crippen LogP contribution in [0, 0.1) is 9.65 Å². The Kier molecular flexibility index (Phi) is 6.52. The summed E-state index contributed by atoms with van der Waals surface area (Å²) in [6, 6.07) is 19.0. The molecule has 3 rings (SSSR count). The molecule has 1 N–H and O–H groups in total. The molecule has 2 aromatic carbocycles. The largest absolute Gasteiger partial charge is 0.399 e. The lowest BCUT2D eigenvalue weighted by molar-refractivity contribution is 0.132. The summed E-state index contributed by atoms with van der Waals surface area (Å²) in [4.78, 5) is 8.66. The standard InChI is InChI=1S/C22H24FIN2O2Si/c1-15(27)18-21(24)26-20(23)19(25-18)22(28-29(2,3)4,16-11-7-5-8-12-16)17-13-9-6-10-14-17/h5-15,27H,1-4H3. The van der Waals surface area contributed by atoms with E-state index in [0.29, 0.717) is 9.39 Å². The van der Waals surface area contributed by atoms with Gasteiger partial charge in [-0.15, -0.1) is 0 Å². The average molecular weight is 522 g/mol. The fourth-order valence-corrected chi connectivity index (χ4v) is 5.34. The van der Waals surface area contributed by atoms with Crippen LogP contribution in [-0.4, -0.2) is 23.4 Å². The molecule has 0 aliphatic heterocycles. The van der Waals surface area contributed by atoms with Gasteiger partial charge in [0.05, 0.1) is 6.10 Å². The van der Waals surface area contributed by atoms with Gasteiger partial charge in [0.1, 0.15) is 15.1 Å². The van der Waals surface area contributed by atoms with Crippen LogP contribution in [0.2, 0.25) is 19.6 Å². The molecule has 0 aliphatic rings. The Morgan fingerprint density at radius 3 is 1.86 bits per heavy atom. The van der Waals surface area contributed by atoms with Crippen LogP contribution in [0.25, 0.3) is 0 Å². The average Bonchev–Trinajstić information content (AvgIpc) is 2.67. The maximum absolute atomic E-state index is 15.4. The molecule has 0 fully saturated rings. The number of aliphatic hydroxyl groups excluding tert-OH is 1. The fraction of sp³-hybridized carbons (Fsp3) is 0.273. The van der Waals surface area contributed by atoms with Crippen LogP contribution in [0.5, 0.6) is 0 Å². The smallest absolute Gasteiger partial charge is 0.239 e. The zero-order chi connectivity index (χ0) is 21.2. The molecular formula is C22H24FIN2O2Si. The topological polar surface area (TPSA) is 55.2 Å². The molecular weight excluding hydrogens is 498 g/mol. The molecule has 0 saturated heterocycles. The second-order valence-electron chi connectivity index (χ2n) is 7.84. The minimum absolute atomic E-state index is 0.0636. The SMILES string of the molecule is CC(O)c1nc(C(O[Si](C)(C)C)(c2ccccc2)c2ccccc2)c(F)nc1I. The maximum Gasteiger partial charge on any atom is 0.239 e. The third-order valence-electron chi connectivity index (χ3n) is 4.38. The number of nitrogens with zero attached hydrogens (tertiary/aromatic N) is 2. The van der Waals surface area contributed by atoms with Crippen molar-refractivity contribution >= 4 is 30.9 Å². The predicted molar refractivity (Wildman–Crippen MR) is 123 cm³/mol. The van der Waals surface area contributed by atoms with E-state index in [1.54, 1.807) is 6.92 Å². The first-order valence-electron chi connectivity index (χ1n) is 9.38. The Balaban J connectivity index is 2.44. The number of aromatic nitrogens is 2. The van der Waals surface area contributed by atoms with Crippen LogP contribution in [0.4, 0.5) is 4.39 Å². The van der Waals surface area contributed by atoms with Crippen molar-refractivity contribution in [3.63, 3.8) is 0 Å². The highest BCUT2D eigenvalue weighted by Crippen LogP contribution is 2.43. The summed E-state index contributed by atoms with van der Waals surface area (Å²) < 4.78 is 22.5. The van der Waals surface area contributed by atoms with Gasteiger partial charge < -0.3 is 9.53 Å². The minimum atomic E-state index is -2.22. The van der Waals surface area contributed by atoms with E-state index in [2.05, 4.69) is 29.6 Å². The lowest BCUT2D eigenvalue weighted by Gasteiger charge is -2.40. The lowest BCUT2D eigenvalue weighted by Crippen LogP contribution is -2.44. The first kappa shape index (κ1) is 22.0. The third kappa shape index (κ3) is 4.58. The normalized spacial score (nSPS) is 13.3. The number of aliphatic hydroxyl groups is 1. The molecule has 1 atom stereocenters. The van der Waals surface area contributed by atoms with Gasteiger partial charge in [-0.2, -0.15) is 4.39 Å². The van der Waals surface area contributed by atoms with Gasteiger partial charge in [0.2, 0.25) is 5.95 Å². The Morgan fingerprint density at radius 2 is 1.45 bits per heavy atom. The molecule has 0 amide bonds. The van der Waals surface area contributed by atoms with E-state index in [1.165, 1.54) is 0 Å². The first-order chi connectivity index (χ1) is 13.6. The number of benzene rings is 2. The number of hydrogen-bond donors (Lipinski definition) is 1. The highest BCUT2D eigenvalue weighted by atomic mass is 127. The number of hydrogen-bond acceptors (Lipinski definition) is 4. The van der Waals surface area contributed by atoms with E-state index in [-0.39, 0.29) is 5.69 Å². The third-order valence-corrected chi connectivity index (χ3v) is 6.10. The molecule has 152 valence electrons. The van der Waals surface area contributed by atoms with Crippen molar-refractivity contribution in [3.05, 3.63) is 92.8 Å². The quantitative estimate of drug-likeness (QED) is 0.347. The van der Waals surface area contributed by atoms with Crippen molar-refractivity contribution in [2.75, 3.05) is 0 Å². The number of rotatable bonds is 6. The van der Waals surface area contributed by atoms with Gasteiger partial charge in [-0.25, -0.2) is 9.97 Å². The molecule has 1 aromatic heterocycles. The summed E-state index contributed by atoms with van der Waals surface area (Å²) in [7, 11) is -2.22. The van der Waals surface area contributed by atoms with Crippen LogP contribution >= 0.6 is 22.6 Å². The zero-order valence-electron chi connectivity index (χ0n) is 16.9. The zero-order valence-corrected chi connectivity index (χ0v) is 20.0. The van der Waals surface area contributed by atoms with Crippen LogP contribution in [0.1, 0.15) is 35.5 Å². The summed E-state index contributed by atoms with van der Waals surface area (Å²) in [6.07, 6.45) is -0.884. The Morgan fingerprint density at radius 1 is 0.966 bits per heavy atom. The van der Waals surface area contributed by atoms with Crippen molar-refractivity contribution in [1.82, 2.24) is 9.97 Å². The van der Waals surface area contributed by atoms with E-state index in [0.717, 1.165) is 11.1 Å². The summed E-state index contributed by atoms with van der Waals surface area (Å²) in [5, 5.41) is 10.2. The molecule has 4 nitrogen and oxygen atoms in total. The van der Waals surface area contributed by atoms with Gasteiger partial charge in [0.15, 0.2) is 13.9 Å². The highest BCUT2D eigenvalue weighted by molar-refractivity contribution is 14.1. The molecule has 7 heteroatoms. The molecule has 0 spiro atoms. The first-order valence-corrected chi connectivity index (χ1v) is 13.9. The van der Waals surface area contributed by atoms with Crippen molar-refractivity contribution < 1.29 is 13.9 Å². The molecule has 1 unspecified atom stereocenters. The maximum atomic E-state index is 15.4. The predicted octanol–water partition coefficient (Wildman–Crippen LogP) is 5.42. The van der Waals surface area contributed by atoms with Crippen molar-refractivity contribution in [2.45, 2.75) is 38.3 Å². The van der Waals surface area contributed by atoms with E-state index in [4.69, 9.17) is 4.43 Å². The van der Waals surface area contributed by atoms with Crippen LogP contribution in [0.3, 0.4) is 0 Å². The van der Waals surface area contributed by atoms with Crippen LogP contribution in [-0.2, 0) is 10.0 Å².